The van der Waals surface area contributed by atoms with Gasteiger partial charge in [-0.2, -0.15) is 0 Å². The Morgan fingerprint density at radius 1 is 1.15 bits per heavy atom. The van der Waals surface area contributed by atoms with E-state index in [1.165, 1.54) is 17.7 Å². The molecular weight excluding hydrogens is 368 g/mol. The molecule has 0 saturated carbocycles. The third kappa shape index (κ3) is 4.35. The van der Waals surface area contributed by atoms with E-state index < -0.39 is 22.6 Å². The van der Waals surface area contributed by atoms with Crippen LogP contribution in [0.3, 0.4) is 0 Å². The normalized spacial score (nSPS) is 13.8. The lowest BCUT2D eigenvalue weighted by molar-refractivity contribution is -0.135. The molecule has 0 aromatic heterocycles. The molecule has 2 aromatic rings. The Kier molecular flexibility index (Phi) is 5.29. The highest BCUT2D eigenvalue weighted by Gasteiger charge is 2.22. The SMILES string of the molecule is Cc1ccc(C(=O)OCC(=O)N2CCc3ccccc3C2)cc1S(N)(=O)=O. The van der Waals surface area contributed by atoms with Crippen molar-refractivity contribution in [3.8, 4) is 0 Å². The highest BCUT2D eigenvalue weighted by atomic mass is 32.2. The fourth-order valence-corrected chi connectivity index (χ4v) is 3.85. The smallest absolute Gasteiger partial charge is 0.338 e. The van der Waals surface area contributed by atoms with Crippen molar-refractivity contribution in [2.45, 2.75) is 24.8 Å². The number of benzene rings is 2. The summed E-state index contributed by atoms with van der Waals surface area (Å²) in [6.07, 6.45) is 0.755. The summed E-state index contributed by atoms with van der Waals surface area (Å²) in [5.41, 5.74) is 2.76. The zero-order chi connectivity index (χ0) is 19.6. The summed E-state index contributed by atoms with van der Waals surface area (Å²) >= 11 is 0. The van der Waals surface area contributed by atoms with Gasteiger partial charge in [0.25, 0.3) is 5.91 Å². The van der Waals surface area contributed by atoms with Crippen LogP contribution in [0.15, 0.2) is 47.4 Å². The van der Waals surface area contributed by atoms with Crippen LogP contribution >= 0.6 is 0 Å². The van der Waals surface area contributed by atoms with Gasteiger partial charge in [0, 0.05) is 13.1 Å². The molecule has 27 heavy (non-hydrogen) atoms. The first-order valence-electron chi connectivity index (χ1n) is 8.41. The second-order valence-corrected chi connectivity index (χ2v) is 7.97. The van der Waals surface area contributed by atoms with Crippen LogP contribution in [0.4, 0.5) is 0 Å². The van der Waals surface area contributed by atoms with Crippen LogP contribution in [0.5, 0.6) is 0 Å². The van der Waals surface area contributed by atoms with E-state index >= 15 is 0 Å². The number of nitrogens with two attached hydrogens (primary N) is 1. The standard InChI is InChI=1S/C19H20N2O5S/c1-13-6-7-15(10-17(13)27(20,24)25)19(23)26-12-18(22)21-9-8-14-4-2-3-5-16(14)11-21/h2-7,10H,8-9,11-12H2,1H3,(H2,20,24,25). The van der Waals surface area contributed by atoms with E-state index in [-0.39, 0.29) is 16.4 Å². The van der Waals surface area contributed by atoms with Gasteiger partial charge in [0.1, 0.15) is 0 Å². The third-order valence-corrected chi connectivity index (χ3v) is 5.59. The molecule has 142 valence electrons. The topological polar surface area (TPSA) is 107 Å². The van der Waals surface area contributed by atoms with Crippen LogP contribution in [0.1, 0.15) is 27.0 Å². The zero-order valence-electron chi connectivity index (χ0n) is 14.8. The fraction of sp³-hybridized carbons (Fsp3) is 0.263. The van der Waals surface area contributed by atoms with Crippen LogP contribution in [0.25, 0.3) is 0 Å². The molecule has 0 atom stereocenters. The Labute approximate surface area is 157 Å². The number of sulfonamides is 1. The minimum atomic E-state index is -3.95. The van der Waals surface area contributed by atoms with Gasteiger partial charge in [0.2, 0.25) is 10.0 Å². The predicted molar refractivity (Wildman–Crippen MR) is 98.4 cm³/mol. The average molecular weight is 388 g/mol. The summed E-state index contributed by atoms with van der Waals surface area (Å²) in [6, 6.07) is 12.0. The summed E-state index contributed by atoms with van der Waals surface area (Å²) in [4.78, 5) is 26.0. The van der Waals surface area contributed by atoms with E-state index in [9.17, 15) is 18.0 Å². The molecule has 1 aliphatic heterocycles. The van der Waals surface area contributed by atoms with Crippen LogP contribution in [0.2, 0.25) is 0 Å². The molecule has 8 heteroatoms. The number of hydrogen-bond donors (Lipinski definition) is 1. The van der Waals surface area contributed by atoms with Crippen LogP contribution in [-0.4, -0.2) is 38.3 Å². The zero-order valence-corrected chi connectivity index (χ0v) is 15.7. The number of primary sulfonamides is 1. The van der Waals surface area contributed by atoms with Crippen LogP contribution < -0.4 is 5.14 Å². The molecule has 3 rings (SSSR count). The summed E-state index contributed by atoms with van der Waals surface area (Å²) in [5, 5.41) is 5.14. The van der Waals surface area contributed by atoms with Crippen LogP contribution in [0, 0.1) is 6.92 Å². The van der Waals surface area contributed by atoms with Crippen molar-refractivity contribution in [2.75, 3.05) is 13.2 Å². The Balaban J connectivity index is 1.64. The van der Waals surface area contributed by atoms with Gasteiger partial charge in [-0.15, -0.1) is 0 Å². The van der Waals surface area contributed by atoms with E-state index in [2.05, 4.69) is 0 Å². The Morgan fingerprint density at radius 2 is 1.85 bits per heavy atom. The second kappa shape index (κ2) is 7.50. The molecule has 2 N–H and O–H groups in total. The van der Waals surface area contributed by atoms with E-state index in [0.29, 0.717) is 18.7 Å². The molecule has 0 aliphatic carbocycles. The first kappa shape index (κ1) is 19.1. The first-order chi connectivity index (χ1) is 12.8. The Morgan fingerprint density at radius 3 is 2.56 bits per heavy atom. The Hall–Kier alpha value is -2.71. The highest BCUT2D eigenvalue weighted by Crippen LogP contribution is 2.19. The minimum absolute atomic E-state index is 0.0291. The molecule has 2 aromatic carbocycles. The Bertz CT molecular complexity index is 1000. The number of nitrogens with zero attached hydrogens (tertiary/aromatic N) is 1. The van der Waals surface area contributed by atoms with Gasteiger partial charge in [0.05, 0.1) is 10.5 Å². The fourth-order valence-electron chi connectivity index (χ4n) is 3.04. The van der Waals surface area contributed by atoms with E-state index in [1.807, 2.05) is 24.3 Å². The van der Waals surface area contributed by atoms with Gasteiger partial charge in [-0.05, 0) is 42.2 Å². The number of ether oxygens (including phenoxy) is 1. The second-order valence-electron chi connectivity index (χ2n) is 6.44. The van der Waals surface area contributed by atoms with Gasteiger partial charge in [-0.3, -0.25) is 4.79 Å². The van der Waals surface area contributed by atoms with Gasteiger partial charge in [0.15, 0.2) is 6.61 Å². The van der Waals surface area contributed by atoms with Crippen molar-refractivity contribution in [1.29, 1.82) is 0 Å². The highest BCUT2D eigenvalue weighted by molar-refractivity contribution is 7.89. The molecule has 0 saturated heterocycles. The number of carbonyl (C=O) groups excluding carboxylic acids is 2. The van der Waals surface area contributed by atoms with Crippen molar-refractivity contribution in [3.05, 3.63) is 64.7 Å². The van der Waals surface area contributed by atoms with E-state index in [4.69, 9.17) is 9.88 Å². The molecule has 0 bridgehead atoms. The maximum atomic E-state index is 12.4. The summed E-state index contributed by atoms with van der Waals surface area (Å²) < 4.78 is 28.2. The molecule has 1 aliphatic rings. The quantitative estimate of drug-likeness (QED) is 0.797. The summed E-state index contributed by atoms with van der Waals surface area (Å²) in [7, 11) is -3.95. The predicted octanol–water partition coefficient (Wildman–Crippen LogP) is 1.38. The van der Waals surface area contributed by atoms with Crippen molar-refractivity contribution < 1.29 is 22.7 Å². The number of rotatable bonds is 4. The summed E-state index contributed by atoms with van der Waals surface area (Å²) in [6.45, 7) is 2.21. The van der Waals surface area contributed by atoms with Crippen molar-refractivity contribution in [3.63, 3.8) is 0 Å². The maximum Gasteiger partial charge on any atom is 0.338 e. The lowest BCUT2D eigenvalue weighted by atomic mass is 10.00. The molecule has 0 radical (unpaired) electrons. The maximum absolute atomic E-state index is 12.4. The van der Waals surface area contributed by atoms with Crippen molar-refractivity contribution in [2.24, 2.45) is 5.14 Å². The lowest BCUT2D eigenvalue weighted by Gasteiger charge is -2.28. The van der Waals surface area contributed by atoms with Gasteiger partial charge in [-0.25, -0.2) is 18.4 Å². The minimum Gasteiger partial charge on any atom is -0.452 e. The molecule has 0 spiro atoms. The van der Waals surface area contributed by atoms with Crippen LogP contribution in [-0.2, 0) is 32.5 Å². The average Bonchev–Trinajstić information content (AvgIpc) is 2.64. The number of hydrogen-bond acceptors (Lipinski definition) is 5. The molecule has 1 heterocycles. The molecule has 0 fully saturated rings. The molecule has 0 unspecified atom stereocenters. The number of esters is 1. The monoisotopic (exact) mass is 388 g/mol. The third-order valence-electron chi connectivity index (χ3n) is 4.54. The first-order valence-corrected chi connectivity index (χ1v) is 9.95. The van der Waals surface area contributed by atoms with Gasteiger partial charge >= 0.3 is 5.97 Å². The molecular formula is C19H20N2O5S. The molecule has 7 nitrogen and oxygen atoms in total. The van der Waals surface area contributed by atoms with Crippen molar-refractivity contribution in [1.82, 2.24) is 4.90 Å². The largest absolute Gasteiger partial charge is 0.452 e. The number of carbonyl (C=O) groups is 2. The van der Waals surface area contributed by atoms with Crippen molar-refractivity contribution >= 4 is 21.9 Å². The number of aryl methyl sites for hydroxylation is 1. The summed E-state index contributed by atoms with van der Waals surface area (Å²) in [5.74, 6) is -1.07. The number of fused-ring (bicyclic) bond motifs is 1. The van der Waals surface area contributed by atoms with Gasteiger partial charge < -0.3 is 9.64 Å². The molecule has 1 amide bonds. The van der Waals surface area contributed by atoms with Gasteiger partial charge in [-0.1, -0.05) is 30.3 Å². The number of amides is 1. The van der Waals surface area contributed by atoms with E-state index in [1.54, 1.807) is 11.8 Å². The van der Waals surface area contributed by atoms with E-state index in [0.717, 1.165) is 18.1 Å². The lowest BCUT2D eigenvalue weighted by Crippen LogP contribution is -2.38.